The second-order valence-corrected chi connectivity index (χ2v) is 9.42. The molecule has 0 aromatic heterocycles. The first kappa shape index (κ1) is 17.5. The minimum Gasteiger partial charge on any atom is -0.377 e. The standard InChI is InChI=1S/C19H28N2O3S/c22-25(23,19-8-7-16-4-3-5-17(16)14-19)21-11-9-20(10-12-21)15-18-6-1-2-13-24-18/h7-8,14,18H,1-6,9-13,15H2/t18-/m1/s1. The summed E-state index contributed by atoms with van der Waals surface area (Å²) in [6, 6.07) is 5.70. The first-order valence-electron chi connectivity index (χ1n) is 9.59. The summed E-state index contributed by atoms with van der Waals surface area (Å²) in [5.41, 5.74) is 2.53. The van der Waals surface area contributed by atoms with E-state index in [2.05, 4.69) is 4.90 Å². The number of nitrogens with zero attached hydrogens (tertiary/aromatic N) is 2. The highest BCUT2D eigenvalue weighted by molar-refractivity contribution is 7.89. The van der Waals surface area contributed by atoms with E-state index in [9.17, 15) is 8.42 Å². The highest BCUT2D eigenvalue weighted by atomic mass is 32.2. The summed E-state index contributed by atoms with van der Waals surface area (Å²) >= 11 is 0. The summed E-state index contributed by atoms with van der Waals surface area (Å²) in [6.07, 6.45) is 7.11. The molecule has 0 radical (unpaired) electrons. The SMILES string of the molecule is O=S(=O)(c1ccc2c(c1)CCC2)N1CCN(C[C@H]2CCCCO2)CC1. The van der Waals surface area contributed by atoms with Gasteiger partial charge in [0.15, 0.2) is 0 Å². The number of hydrogen-bond donors (Lipinski definition) is 0. The molecule has 0 spiro atoms. The topological polar surface area (TPSA) is 49.9 Å². The maximum Gasteiger partial charge on any atom is 0.243 e. The van der Waals surface area contributed by atoms with Crippen LogP contribution in [0, 0.1) is 0 Å². The Kier molecular flexibility index (Phi) is 5.13. The van der Waals surface area contributed by atoms with Gasteiger partial charge in [-0.15, -0.1) is 0 Å². The molecule has 2 fully saturated rings. The monoisotopic (exact) mass is 364 g/mol. The molecule has 1 aromatic rings. The molecule has 0 N–H and O–H groups in total. The van der Waals surface area contributed by atoms with Gasteiger partial charge in [0.1, 0.15) is 0 Å². The minimum atomic E-state index is -3.36. The average molecular weight is 365 g/mol. The Bertz CT molecular complexity index is 705. The van der Waals surface area contributed by atoms with Crippen LogP contribution in [0.2, 0.25) is 0 Å². The maximum atomic E-state index is 13.0. The number of benzene rings is 1. The molecule has 25 heavy (non-hydrogen) atoms. The normalized spacial score (nSPS) is 25.8. The molecule has 138 valence electrons. The summed E-state index contributed by atoms with van der Waals surface area (Å²) in [5, 5.41) is 0. The second kappa shape index (κ2) is 7.35. The Morgan fingerprint density at radius 1 is 1.00 bits per heavy atom. The van der Waals surface area contributed by atoms with Crippen LogP contribution < -0.4 is 0 Å². The van der Waals surface area contributed by atoms with Gasteiger partial charge in [-0.3, -0.25) is 4.90 Å². The third-order valence-electron chi connectivity index (χ3n) is 5.77. The van der Waals surface area contributed by atoms with Crippen LogP contribution in [0.4, 0.5) is 0 Å². The molecule has 3 aliphatic rings. The zero-order valence-electron chi connectivity index (χ0n) is 14.8. The maximum absolute atomic E-state index is 13.0. The van der Waals surface area contributed by atoms with Gasteiger partial charge >= 0.3 is 0 Å². The van der Waals surface area contributed by atoms with E-state index in [4.69, 9.17) is 4.74 Å². The van der Waals surface area contributed by atoms with Gasteiger partial charge in [-0.25, -0.2) is 8.42 Å². The van der Waals surface area contributed by atoms with Crippen molar-refractivity contribution in [2.45, 2.75) is 49.5 Å². The number of fused-ring (bicyclic) bond motifs is 1. The van der Waals surface area contributed by atoms with Crippen LogP contribution in [0.25, 0.3) is 0 Å². The van der Waals surface area contributed by atoms with Gasteiger partial charge in [0.25, 0.3) is 0 Å². The van der Waals surface area contributed by atoms with Gasteiger partial charge in [-0.2, -0.15) is 4.31 Å². The van der Waals surface area contributed by atoms with Crippen molar-refractivity contribution in [2.24, 2.45) is 0 Å². The summed E-state index contributed by atoms with van der Waals surface area (Å²) in [6.45, 7) is 4.55. The molecule has 0 amide bonds. The minimum absolute atomic E-state index is 0.327. The zero-order chi connectivity index (χ0) is 17.3. The number of rotatable bonds is 4. The van der Waals surface area contributed by atoms with Crippen molar-refractivity contribution in [3.05, 3.63) is 29.3 Å². The summed E-state index contributed by atoms with van der Waals surface area (Å²) in [4.78, 5) is 2.82. The molecule has 2 heterocycles. The third-order valence-corrected chi connectivity index (χ3v) is 7.67. The first-order chi connectivity index (χ1) is 12.1. The van der Waals surface area contributed by atoms with Crippen LogP contribution >= 0.6 is 0 Å². The molecule has 0 unspecified atom stereocenters. The molecule has 1 aliphatic carbocycles. The fourth-order valence-corrected chi connectivity index (χ4v) is 5.72. The number of aryl methyl sites for hydroxylation is 2. The Morgan fingerprint density at radius 3 is 2.56 bits per heavy atom. The second-order valence-electron chi connectivity index (χ2n) is 7.48. The van der Waals surface area contributed by atoms with Crippen molar-refractivity contribution in [3.8, 4) is 0 Å². The number of piperazine rings is 1. The average Bonchev–Trinajstić information content (AvgIpc) is 3.11. The Morgan fingerprint density at radius 2 is 1.80 bits per heavy atom. The van der Waals surface area contributed by atoms with Gasteiger partial charge in [0, 0.05) is 39.3 Å². The lowest BCUT2D eigenvalue weighted by atomic mass is 10.1. The van der Waals surface area contributed by atoms with Gasteiger partial charge in [0.2, 0.25) is 10.0 Å². The van der Waals surface area contributed by atoms with Crippen molar-refractivity contribution in [1.29, 1.82) is 0 Å². The van der Waals surface area contributed by atoms with Crippen molar-refractivity contribution in [3.63, 3.8) is 0 Å². The molecular formula is C19H28N2O3S. The van der Waals surface area contributed by atoms with Gasteiger partial charge in [-0.1, -0.05) is 6.07 Å². The van der Waals surface area contributed by atoms with Crippen LogP contribution in [0.5, 0.6) is 0 Å². The van der Waals surface area contributed by atoms with Crippen LogP contribution in [-0.4, -0.2) is 63.1 Å². The lowest BCUT2D eigenvalue weighted by Crippen LogP contribution is -2.50. The molecular weight excluding hydrogens is 336 g/mol. The number of hydrogen-bond acceptors (Lipinski definition) is 4. The molecule has 2 saturated heterocycles. The van der Waals surface area contributed by atoms with E-state index < -0.39 is 10.0 Å². The smallest absolute Gasteiger partial charge is 0.243 e. The quantitative estimate of drug-likeness (QED) is 0.821. The Hall–Kier alpha value is -0.950. The van der Waals surface area contributed by atoms with Gasteiger partial charge in [0.05, 0.1) is 11.0 Å². The molecule has 4 rings (SSSR count). The van der Waals surface area contributed by atoms with E-state index in [-0.39, 0.29) is 0 Å². The van der Waals surface area contributed by atoms with E-state index >= 15 is 0 Å². The summed E-state index contributed by atoms with van der Waals surface area (Å²) < 4.78 is 33.4. The molecule has 0 saturated carbocycles. The van der Waals surface area contributed by atoms with Crippen molar-refractivity contribution >= 4 is 10.0 Å². The molecule has 1 aromatic carbocycles. The molecule has 6 heteroatoms. The highest BCUT2D eigenvalue weighted by Gasteiger charge is 2.30. The molecule has 0 bridgehead atoms. The van der Waals surface area contributed by atoms with Crippen LogP contribution in [-0.2, 0) is 27.6 Å². The van der Waals surface area contributed by atoms with Gasteiger partial charge in [-0.05, 0) is 61.8 Å². The number of ether oxygens (including phenoxy) is 1. The highest BCUT2D eigenvalue weighted by Crippen LogP contribution is 2.27. The van der Waals surface area contributed by atoms with Crippen LogP contribution in [0.3, 0.4) is 0 Å². The van der Waals surface area contributed by atoms with Crippen molar-refractivity contribution in [1.82, 2.24) is 9.21 Å². The van der Waals surface area contributed by atoms with Crippen LogP contribution in [0.15, 0.2) is 23.1 Å². The molecule has 5 nitrogen and oxygen atoms in total. The fourth-order valence-electron chi connectivity index (χ4n) is 4.25. The lowest BCUT2D eigenvalue weighted by Gasteiger charge is -2.36. The zero-order valence-corrected chi connectivity index (χ0v) is 15.6. The van der Waals surface area contributed by atoms with Crippen LogP contribution in [0.1, 0.15) is 36.8 Å². The third kappa shape index (κ3) is 3.77. The Balaban J connectivity index is 1.37. The van der Waals surface area contributed by atoms with Gasteiger partial charge < -0.3 is 4.74 Å². The summed E-state index contributed by atoms with van der Waals surface area (Å²) in [5.74, 6) is 0. The lowest BCUT2D eigenvalue weighted by molar-refractivity contribution is -0.0103. The Labute approximate surface area is 151 Å². The molecule has 2 aliphatic heterocycles. The first-order valence-corrected chi connectivity index (χ1v) is 11.0. The van der Waals surface area contributed by atoms with E-state index in [1.165, 1.54) is 24.0 Å². The van der Waals surface area contributed by atoms with Crippen molar-refractivity contribution in [2.75, 3.05) is 39.3 Å². The van der Waals surface area contributed by atoms with E-state index in [1.807, 2.05) is 12.1 Å². The largest absolute Gasteiger partial charge is 0.377 e. The predicted molar refractivity (Wildman–Crippen MR) is 97.3 cm³/mol. The van der Waals surface area contributed by atoms with E-state index in [0.29, 0.717) is 24.1 Å². The summed E-state index contributed by atoms with van der Waals surface area (Å²) in [7, 11) is -3.36. The van der Waals surface area contributed by atoms with Crippen molar-refractivity contribution < 1.29 is 13.2 Å². The number of sulfonamides is 1. The fraction of sp³-hybridized carbons (Fsp3) is 0.684. The molecule has 1 atom stereocenters. The van der Waals surface area contributed by atoms with E-state index in [1.54, 1.807) is 10.4 Å². The predicted octanol–water partition coefficient (Wildman–Crippen LogP) is 2.05. The van der Waals surface area contributed by atoms with E-state index in [0.717, 1.165) is 51.9 Å².